The summed E-state index contributed by atoms with van der Waals surface area (Å²) >= 11 is 0. The van der Waals surface area contributed by atoms with Crippen LogP contribution in [0.2, 0.25) is 0 Å². The Morgan fingerprint density at radius 1 is 0.697 bits per heavy atom. The third-order valence-electron chi connectivity index (χ3n) is 5.24. The first-order chi connectivity index (χ1) is 16.2. The Balaban J connectivity index is 1.70. The second kappa shape index (κ2) is 13.7. The highest BCUT2D eigenvalue weighted by Crippen LogP contribution is 2.20. The van der Waals surface area contributed by atoms with Crippen LogP contribution in [0.1, 0.15) is 16.7 Å². The number of ether oxygens (including phenoxy) is 3. The summed E-state index contributed by atoms with van der Waals surface area (Å²) in [4.78, 5) is 0. The van der Waals surface area contributed by atoms with Gasteiger partial charge in [-0.15, -0.1) is 0 Å². The van der Waals surface area contributed by atoms with Crippen molar-refractivity contribution in [3.05, 3.63) is 120 Å². The Morgan fingerprint density at radius 2 is 1.15 bits per heavy atom. The third-order valence-corrected chi connectivity index (χ3v) is 5.24. The molecule has 0 heterocycles. The maximum Gasteiger partial charge on any atom is 0.116 e. The molecule has 0 radical (unpaired) electrons. The van der Waals surface area contributed by atoms with Crippen molar-refractivity contribution in [1.82, 2.24) is 0 Å². The second-order valence-electron chi connectivity index (χ2n) is 7.86. The number of rotatable bonds is 14. The van der Waals surface area contributed by atoms with Crippen LogP contribution < -0.4 is 0 Å². The van der Waals surface area contributed by atoms with Crippen molar-refractivity contribution in [3.8, 4) is 0 Å². The maximum atomic E-state index is 11.0. The van der Waals surface area contributed by atoms with Gasteiger partial charge >= 0.3 is 0 Å². The highest BCUT2D eigenvalue weighted by molar-refractivity contribution is 5.16. The maximum absolute atomic E-state index is 11.0. The molecular weight excluding hydrogens is 416 g/mol. The van der Waals surface area contributed by atoms with Gasteiger partial charge in [-0.1, -0.05) is 97.6 Å². The Bertz CT molecular complexity index is 930. The van der Waals surface area contributed by atoms with E-state index >= 15 is 0 Å². The van der Waals surface area contributed by atoms with Gasteiger partial charge < -0.3 is 24.4 Å². The molecule has 0 aromatic heterocycles. The molecular formula is C28H32O5. The molecule has 0 unspecified atom stereocenters. The summed E-state index contributed by atoms with van der Waals surface area (Å²) in [7, 11) is 0. The average molecular weight is 449 g/mol. The SMILES string of the molecule is C=C(CO)[C@@H](OCc1ccccc1)[C@@H](OCc1ccccc1)[C@H](O)COCc1ccccc1. The molecule has 33 heavy (non-hydrogen) atoms. The van der Waals surface area contributed by atoms with Crippen molar-refractivity contribution < 1.29 is 24.4 Å². The van der Waals surface area contributed by atoms with Crippen LogP contribution >= 0.6 is 0 Å². The molecule has 3 rings (SSSR count). The van der Waals surface area contributed by atoms with Gasteiger partial charge in [-0.3, -0.25) is 0 Å². The Hall–Kier alpha value is -2.80. The first-order valence-electron chi connectivity index (χ1n) is 11.1. The van der Waals surface area contributed by atoms with Crippen LogP contribution in [0.5, 0.6) is 0 Å². The van der Waals surface area contributed by atoms with E-state index < -0.39 is 18.3 Å². The summed E-state index contributed by atoms with van der Waals surface area (Å²) in [5, 5.41) is 20.8. The first kappa shape index (κ1) is 24.8. The van der Waals surface area contributed by atoms with E-state index in [1.807, 2.05) is 91.0 Å². The highest BCUT2D eigenvalue weighted by atomic mass is 16.6. The van der Waals surface area contributed by atoms with E-state index in [0.29, 0.717) is 18.8 Å². The number of hydrogen-bond donors (Lipinski definition) is 2. The average Bonchev–Trinajstić information content (AvgIpc) is 2.87. The molecule has 2 N–H and O–H groups in total. The van der Waals surface area contributed by atoms with Crippen molar-refractivity contribution in [2.24, 2.45) is 0 Å². The fraction of sp³-hybridized carbons (Fsp3) is 0.286. The normalized spacial score (nSPS) is 13.9. The Labute approximate surface area is 195 Å². The van der Waals surface area contributed by atoms with Crippen LogP contribution in [-0.4, -0.2) is 41.7 Å². The molecule has 0 saturated heterocycles. The molecule has 174 valence electrons. The molecule has 0 aliphatic carbocycles. The predicted molar refractivity (Wildman–Crippen MR) is 128 cm³/mol. The quantitative estimate of drug-likeness (QED) is 0.360. The van der Waals surface area contributed by atoms with Crippen molar-refractivity contribution in [1.29, 1.82) is 0 Å². The van der Waals surface area contributed by atoms with Crippen molar-refractivity contribution in [3.63, 3.8) is 0 Å². The van der Waals surface area contributed by atoms with Gasteiger partial charge in [-0.25, -0.2) is 0 Å². The zero-order valence-corrected chi connectivity index (χ0v) is 18.8. The summed E-state index contributed by atoms with van der Waals surface area (Å²) in [5.74, 6) is 0. The monoisotopic (exact) mass is 448 g/mol. The molecule has 0 amide bonds. The lowest BCUT2D eigenvalue weighted by Gasteiger charge is -2.32. The largest absolute Gasteiger partial charge is 0.392 e. The fourth-order valence-corrected chi connectivity index (χ4v) is 3.43. The van der Waals surface area contributed by atoms with Crippen LogP contribution in [0, 0.1) is 0 Å². The van der Waals surface area contributed by atoms with Gasteiger partial charge in [0.2, 0.25) is 0 Å². The fourth-order valence-electron chi connectivity index (χ4n) is 3.43. The van der Waals surface area contributed by atoms with Gasteiger partial charge in [-0.2, -0.15) is 0 Å². The topological polar surface area (TPSA) is 68.2 Å². The number of hydrogen-bond acceptors (Lipinski definition) is 5. The summed E-state index contributed by atoms with van der Waals surface area (Å²) in [5.41, 5.74) is 3.40. The minimum Gasteiger partial charge on any atom is -0.392 e. The van der Waals surface area contributed by atoms with Gasteiger partial charge in [0, 0.05) is 0 Å². The molecule has 3 aromatic carbocycles. The van der Waals surface area contributed by atoms with Crippen LogP contribution in [0.25, 0.3) is 0 Å². The van der Waals surface area contributed by atoms with E-state index in [1.165, 1.54) is 0 Å². The van der Waals surface area contributed by atoms with Crippen LogP contribution in [0.3, 0.4) is 0 Å². The molecule has 3 atom stereocenters. The summed E-state index contributed by atoms with van der Waals surface area (Å²) < 4.78 is 18.0. The molecule has 0 saturated carbocycles. The smallest absolute Gasteiger partial charge is 0.116 e. The van der Waals surface area contributed by atoms with E-state index in [1.54, 1.807) is 0 Å². The minimum atomic E-state index is -0.985. The van der Waals surface area contributed by atoms with E-state index in [2.05, 4.69) is 6.58 Å². The second-order valence-corrected chi connectivity index (χ2v) is 7.86. The van der Waals surface area contributed by atoms with E-state index in [4.69, 9.17) is 14.2 Å². The molecule has 0 aliphatic rings. The van der Waals surface area contributed by atoms with E-state index in [0.717, 1.165) is 16.7 Å². The Morgan fingerprint density at radius 3 is 1.64 bits per heavy atom. The van der Waals surface area contributed by atoms with Gasteiger partial charge in [-0.05, 0) is 22.3 Å². The molecule has 0 aliphatic heterocycles. The summed E-state index contributed by atoms with van der Waals surface area (Å²) in [6.07, 6.45) is -2.47. The molecule has 0 fully saturated rings. The molecule has 0 spiro atoms. The van der Waals surface area contributed by atoms with Crippen LogP contribution in [-0.2, 0) is 34.0 Å². The molecule has 5 heteroatoms. The Kier molecular flexibility index (Phi) is 10.3. The van der Waals surface area contributed by atoms with Crippen molar-refractivity contribution in [2.75, 3.05) is 13.2 Å². The number of aliphatic hydroxyl groups is 2. The molecule has 0 bridgehead atoms. The van der Waals surface area contributed by atoms with Gasteiger partial charge in [0.15, 0.2) is 0 Å². The van der Waals surface area contributed by atoms with E-state index in [-0.39, 0.29) is 19.8 Å². The number of benzene rings is 3. The third kappa shape index (κ3) is 8.24. The molecule has 5 nitrogen and oxygen atoms in total. The molecule has 3 aromatic rings. The standard InChI is InChI=1S/C28H32O5/c1-22(17-29)27(32-19-24-13-7-3-8-14-24)28(33-20-25-15-9-4-10-16-25)26(30)21-31-18-23-11-5-2-6-12-23/h2-16,26-30H,1,17-21H2/t26-,27-,28+/m1/s1. The highest BCUT2D eigenvalue weighted by Gasteiger charge is 2.32. The zero-order valence-electron chi connectivity index (χ0n) is 18.8. The number of aliphatic hydroxyl groups excluding tert-OH is 2. The van der Waals surface area contributed by atoms with Gasteiger partial charge in [0.25, 0.3) is 0 Å². The van der Waals surface area contributed by atoms with Crippen molar-refractivity contribution in [2.45, 2.75) is 38.1 Å². The lowest BCUT2D eigenvalue weighted by molar-refractivity contribution is -0.138. The first-order valence-corrected chi connectivity index (χ1v) is 11.1. The summed E-state index contributed by atoms with van der Waals surface area (Å²) in [6, 6.07) is 29.2. The van der Waals surface area contributed by atoms with Crippen molar-refractivity contribution >= 4 is 0 Å². The predicted octanol–water partition coefficient (Wildman–Crippen LogP) is 4.28. The summed E-state index contributed by atoms with van der Waals surface area (Å²) in [6.45, 7) is 4.70. The van der Waals surface area contributed by atoms with Crippen LogP contribution in [0.15, 0.2) is 103 Å². The zero-order chi connectivity index (χ0) is 23.3. The minimum absolute atomic E-state index is 0.0538. The van der Waals surface area contributed by atoms with E-state index in [9.17, 15) is 10.2 Å². The lowest BCUT2D eigenvalue weighted by Crippen LogP contribution is -2.45. The lowest BCUT2D eigenvalue weighted by atomic mass is 10.0. The van der Waals surface area contributed by atoms with Gasteiger partial charge in [0.1, 0.15) is 18.3 Å². The van der Waals surface area contributed by atoms with Crippen LogP contribution in [0.4, 0.5) is 0 Å². The van der Waals surface area contributed by atoms with Gasteiger partial charge in [0.05, 0.1) is 33.0 Å².